The summed E-state index contributed by atoms with van der Waals surface area (Å²) in [4.78, 5) is 126. The normalized spacial score (nSPS) is 10.8. The summed E-state index contributed by atoms with van der Waals surface area (Å²) in [6.07, 6.45) is 16.1. The van der Waals surface area contributed by atoms with Crippen molar-refractivity contribution < 1.29 is 110 Å². The molecule has 0 radical (unpaired) electrons. The lowest BCUT2D eigenvalue weighted by Crippen LogP contribution is -2.11. The van der Waals surface area contributed by atoms with E-state index >= 15 is 0 Å². The van der Waals surface area contributed by atoms with Gasteiger partial charge >= 0.3 is 47.8 Å². The van der Waals surface area contributed by atoms with Crippen LogP contribution in [0.5, 0.6) is 28.7 Å². The van der Waals surface area contributed by atoms with E-state index in [0.717, 1.165) is 58.7 Å². The Bertz CT molecular complexity index is 3150. The Balaban J connectivity index is 1.49. The maximum absolute atomic E-state index is 13.3. The van der Waals surface area contributed by atoms with Gasteiger partial charge in [0.15, 0.2) is 11.5 Å². The first kappa shape index (κ1) is 72.1. The number of hydrogen-bond donors (Lipinski definition) is 0. The fourth-order valence-electron chi connectivity index (χ4n) is 7.70. The average molecular weight is 1250 g/mol. The van der Waals surface area contributed by atoms with Gasteiger partial charge in [-0.15, -0.1) is 0 Å². The third kappa shape index (κ3) is 28.0. The SMILES string of the molecule is C=CC(=O)OCCCOc1ccc(C=CC(=O)Oc2ccc(-c3ccc(OC(=O)C=Cc4ccc(CCCOOC(=O)C=C)c(CCCOOC(=O)C=C)c4OCCCOC(=O)C=COC)cc3)cc2)c(CCCOOC(=O)C=C)c1OCCCOC(=O)C=C. The minimum Gasteiger partial charge on any atom is -0.504 e. The van der Waals surface area contributed by atoms with Crippen molar-refractivity contribution in [2.45, 2.75) is 57.8 Å². The minimum absolute atomic E-state index is 0.00929. The molecule has 0 aromatic heterocycles. The van der Waals surface area contributed by atoms with Crippen LogP contribution in [0.25, 0.3) is 23.3 Å². The molecule has 0 saturated heterocycles. The fourth-order valence-corrected chi connectivity index (χ4v) is 7.70. The second-order valence-corrected chi connectivity index (χ2v) is 18.3. The molecule has 0 bridgehead atoms. The highest BCUT2D eigenvalue weighted by molar-refractivity contribution is 5.90. The van der Waals surface area contributed by atoms with Gasteiger partial charge in [0.25, 0.3) is 0 Å². The van der Waals surface area contributed by atoms with Crippen LogP contribution < -0.4 is 23.7 Å². The topological polar surface area (TPSA) is 275 Å². The summed E-state index contributed by atoms with van der Waals surface area (Å²) < 4.78 is 50.1. The number of ether oxygens (including phenoxy) is 9. The molecule has 4 aromatic rings. The molecule has 90 heavy (non-hydrogen) atoms. The monoisotopic (exact) mass is 1240 g/mol. The van der Waals surface area contributed by atoms with Crippen LogP contribution >= 0.6 is 0 Å². The summed E-state index contributed by atoms with van der Waals surface area (Å²) in [6, 6.07) is 20.5. The zero-order chi connectivity index (χ0) is 65.1. The molecule has 0 spiro atoms. The number of hydrogen-bond acceptors (Lipinski definition) is 23. The summed E-state index contributed by atoms with van der Waals surface area (Å²) in [5.41, 5.74) is 4.73. The van der Waals surface area contributed by atoms with Crippen LogP contribution in [0.3, 0.4) is 0 Å². The van der Waals surface area contributed by atoms with Gasteiger partial charge in [0, 0.05) is 72.9 Å². The standard InChI is InChI=1S/C67H72O23/c1-7-58(68)78-39-15-38-77-57-34-27-51(56(20-14-46-85-90-62(72)11-5)67(57)82-43-16-40-79-59(69)8-2)28-35-64(74)86-53-30-23-48(24-31-53)49-25-32-54(33-26-49)87-65(75)36-29-52-22-21-50(18-12-44-83-88-60(70)9-3)55(19-13-45-84-89-61(71)10-4)66(52)81-42-17-41-80-63(73)37-47-76-6/h7-11,21-37,47H,1-5,12-20,38-46H2,6H3. The number of carbonyl (C=O) groups is 8. The zero-order valence-electron chi connectivity index (χ0n) is 49.9. The van der Waals surface area contributed by atoms with Crippen LogP contribution in [-0.2, 0) is 106 Å². The van der Waals surface area contributed by atoms with Gasteiger partial charge in [-0.25, -0.2) is 38.4 Å². The van der Waals surface area contributed by atoms with E-state index in [-0.39, 0.29) is 77.4 Å². The quantitative estimate of drug-likeness (QED) is 0.00582. The second-order valence-electron chi connectivity index (χ2n) is 18.3. The van der Waals surface area contributed by atoms with E-state index in [1.165, 1.54) is 25.5 Å². The summed E-state index contributed by atoms with van der Waals surface area (Å²) in [5.74, 6) is -3.87. The molecule has 478 valence electrons. The van der Waals surface area contributed by atoms with Crippen LogP contribution in [0.1, 0.15) is 66.3 Å². The molecule has 0 aliphatic rings. The molecule has 23 heteroatoms. The van der Waals surface area contributed by atoms with E-state index in [1.807, 2.05) is 6.07 Å². The van der Waals surface area contributed by atoms with E-state index in [0.29, 0.717) is 85.3 Å². The van der Waals surface area contributed by atoms with Crippen LogP contribution in [0.15, 0.2) is 161 Å². The highest BCUT2D eigenvalue weighted by Crippen LogP contribution is 2.37. The van der Waals surface area contributed by atoms with E-state index < -0.39 is 47.8 Å². The Hall–Kier alpha value is -10.4. The van der Waals surface area contributed by atoms with E-state index in [9.17, 15) is 38.4 Å². The smallest absolute Gasteiger partial charge is 0.365 e. The molecule has 0 aliphatic heterocycles. The van der Waals surface area contributed by atoms with Gasteiger partial charge in [-0.3, -0.25) is 14.7 Å². The van der Waals surface area contributed by atoms with Crippen molar-refractivity contribution in [3.05, 3.63) is 188 Å². The number of benzene rings is 4. The Morgan fingerprint density at radius 1 is 0.378 bits per heavy atom. The second kappa shape index (κ2) is 42.5. The van der Waals surface area contributed by atoms with Gasteiger partial charge in [-0.05, 0) is 109 Å². The van der Waals surface area contributed by atoms with Crippen LogP contribution in [-0.4, -0.2) is 114 Å². The first-order chi connectivity index (χ1) is 43.7. The van der Waals surface area contributed by atoms with Gasteiger partial charge < -0.3 is 42.6 Å². The van der Waals surface area contributed by atoms with Gasteiger partial charge in [0.05, 0.1) is 78.9 Å². The Morgan fingerprint density at radius 2 is 0.800 bits per heavy atom. The predicted octanol–water partition coefficient (Wildman–Crippen LogP) is 9.84. The molecule has 4 rings (SSSR count). The van der Waals surface area contributed by atoms with E-state index in [1.54, 1.807) is 78.9 Å². The largest absolute Gasteiger partial charge is 0.504 e. The molecule has 0 amide bonds. The fraction of sp³-hybridized carbons (Fsp3) is 0.284. The maximum atomic E-state index is 13.3. The number of methoxy groups -OCH3 is 1. The Kier molecular flexibility index (Phi) is 34.0. The maximum Gasteiger partial charge on any atom is 0.365 e. The molecule has 0 unspecified atom stereocenters. The van der Waals surface area contributed by atoms with Crippen molar-refractivity contribution in [2.75, 3.05) is 66.6 Å². The predicted molar refractivity (Wildman–Crippen MR) is 326 cm³/mol. The van der Waals surface area contributed by atoms with Crippen LogP contribution in [0.4, 0.5) is 0 Å². The van der Waals surface area contributed by atoms with Crippen molar-refractivity contribution in [1.82, 2.24) is 0 Å². The Morgan fingerprint density at radius 3 is 1.28 bits per heavy atom. The third-order valence-electron chi connectivity index (χ3n) is 11.9. The number of esters is 5. The number of rotatable bonds is 44. The first-order valence-corrected chi connectivity index (χ1v) is 28.2. The lowest BCUT2D eigenvalue weighted by Gasteiger charge is -2.19. The lowest BCUT2D eigenvalue weighted by molar-refractivity contribution is -0.267. The summed E-state index contributed by atoms with van der Waals surface area (Å²) in [5, 5.41) is 0. The van der Waals surface area contributed by atoms with Gasteiger partial charge in [-0.2, -0.15) is 14.7 Å². The van der Waals surface area contributed by atoms with Gasteiger partial charge in [0.2, 0.25) is 0 Å². The first-order valence-electron chi connectivity index (χ1n) is 28.2. The van der Waals surface area contributed by atoms with Crippen molar-refractivity contribution in [1.29, 1.82) is 0 Å². The van der Waals surface area contributed by atoms with Crippen LogP contribution in [0, 0.1) is 0 Å². The van der Waals surface area contributed by atoms with Crippen molar-refractivity contribution in [3.63, 3.8) is 0 Å². The van der Waals surface area contributed by atoms with Crippen molar-refractivity contribution >= 4 is 59.9 Å². The highest BCUT2D eigenvalue weighted by atomic mass is 17.2. The molecular formula is C67H72O23. The molecular weight excluding hydrogens is 1170 g/mol. The summed E-state index contributed by atoms with van der Waals surface area (Å²) >= 11 is 0. The van der Waals surface area contributed by atoms with Crippen LogP contribution in [0.2, 0.25) is 0 Å². The number of carbonyl (C=O) groups excluding carboxylic acids is 8. The molecule has 0 N–H and O–H groups in total. The molecule has 0 heterocycles. The molecule has 23 nitrogen and oxygen atoms in total. The van der Waals surface area contributed by atoms with Crippen molar-refractivity contribution in [3.8, 4) is 39.9 Å². The third-order valence-corrected chi connectivity index (χ3v) is 11.9. The zero-order valence-corrected chi connectivity index (χ0v) is 49.9. The average Bonchev–Trinajstić information content (AvgIpc) is 1.12. The molecule has 4 aromatic carbocycles. The van der Waals surface area contributed by atoms with Gasteiger partial charge in [-0.1, -0.05) is 75.4 Å². The molecule has 0 atom stereocenters. The Labute approximate surface area is 521 Å². The van der Waals surface area contributed by atoms with Crippen molar-refractivity contribution in [2.24, 2.45) is 0 Å². The molecule has 0 saturated carbocycles. The minimum atomic E-state index is -0.769. The van der Waals surface area contributed by atoms with E-state index in [4.69, 9.17) is 57.3 Å². The summed E-state index contributed by atoms with van der Waals surface area (Å²) in [7, 11) is 1.40. The van der Waals surface area contributed by atoms with Gasteiger partial charge in [0.1, 0.15) is 17.2 Å². The summed E-state index contributed by atoms with van der Waals surface area (Å²) in [6.45, 7) is 17.4. The molecule has 0 fully saturated rings. The lowest BCUT2D eigenvalue weighted by atomic mass is 9.95. The highest BCUT2D eigenvalue weighted by Gasteiger charge is 2.19. The molecule has 0 aliphatic carbocycles. The van der Waals surface area contributed by atoms with E-state index in [2.05, 4.69) is 47.6 Å². The number of aryl methyl sites for hydroxylation is 1.